The topological polar surface area (TPSA) is 27.7 Å². The van der Waals surface area contributed by atoms with E-state index in [1.807, 2.05) is 0 Å². The van der Waals surface area contributed by atoms with Crippen LogP contribution in [0.4, 0.5) is 0 Å². The molecular formula is C22H46O3Si. The van der Waals surface area contributed by atoms with Gasteiger partial charge in [0.05, 0.1) is 0 Å². The molecule has 0 N–H and O–H groups in total. The second kappa shape index (κ2) is 16.1. The Morgan fingerprint density at radius 2 is 1.19 bits per heavy atom. The Morgan fingerprint density at radius 1 is 0.731 bits per heavy atom. The van der Waals surface area contributed by atoms with Gasteiger partial charge in [-0.1, -0.05) is 96.8 Å². The molecule has 3 nitrogen and oxygen atoms in total. The van der Waals surface area contributed by atoms with Gasteiger partial charge in [0, 0.05) is 26.4 Å². The van der Waals surface area contributed by atoms with Crippen molar-refractivity contribution in [1.29, 1.82) is 0 Å². The van der Waals surface area contributed by atoms with Crippen molar-refractivity contribution in [2.45, 2.75) is 128 Å². The van der Waals surface area contributed by atoms with Crippen LogP contribution in [0.5, 0.6) is 0 Å². The highest BCUT2D eigenvalue weighted by molar-refractivity contribution is 6.60. The van der Waals surface area contributed by atoms with Crippen LogP contribution in [0.1, 0.15) is 116 Å². The average Bonchev–Trinajstić information content (AvgIpc) is 2.68. The fourth-order valence-electron chi connectivity index (χ4n) is 4.07. The molecule has 156 valence electrons. The van der Waals surface area contributed by atoms with Crippen molar-refractivity contribution in [3.05, 3.63) is 0 Å². The average molecular weight is 387 g/mol. The van der Waals surface area contributed by atoms with Crippen molar-refractivity contribution < 1.29 is 13.3 Å². The lowest BCUT2D eigenvalue weighted by Gasteiger charge is -2.35. The van der Waals surface area contributed by atoms with Gasteiger partial charge in [0.15, 0.2) is 0 Å². The second-order valence-corrected chi connectivity index (χ2v) is 11.0. The molecule has 1 aliphatic rings. The maximum atomic E-state index is 6.18. The van der Waals surface area contributed by atoms with Crippen LogP contribution < -0.4 is 0 Å². The first kappa shape index (κ1) is 24.1. The molecule has 0 bridgehead atoms. The Hall–Kier alpha value is 0.0969. The normalized spacial score (nSPS) is 19.7. The van der Waals surface area contributed by atoms with Crippen LogP contribution in [0.2, 0.25) is 6.04 Å². The molecule has 26 heavy (non-hydrogen) atoms. The highest BCUT2D eigenvalue weighted by atomic mass is 28.4. The van der Waals surface area contributed by atoms with Gasteiger partial charge in [0.1, 0.15) is 0 Å². The molecule has 1 fully saturated rings. The van der Waals surface area contributed by atoms with E-state index in [4.69, 9.17) is 13.3 Å². The van der Waals surface area contributed by atoms with E-state index in [0.29, 0.717) is 6.10 Å². The van der Waals surface area contributed by atoms with Gasteiger partial charge in [0.2, 0.25) is 0 Å². The highest BCUT2D eigenvalue weighted by Crippen LogP contribution is 2.29. The molecule has 4 heteroatoms. The third-order valence-corrected chi connectivity index (χ3v) is 8.76. The van der Waals surface area contributed by atoms with Gasteiger partial charge in [0.25, 0.3) is 0 Å². The van der Waals surface area contributed by atoms with Crippen LogP contribution in [0.3, 0.4) is 0 Å². The van der Waals surface area contributed by atoms with Crippen LogP contribution in [0.15, 0.2) is 0 Å². The SMILES string of the molecule is CCCCCCCCCCCCCCCCC1CCC[Si](OC)(OC)O1. The molecule has 0 aromatic carbocycles. The van der Waals surface area contributed by atoms with E-state index >= 15 is 0 Å². The monoisotopic (exact) mass is 386 g/mol. The van der Waals surface area contributed by atoms with Gasteiger partial charge < -0.3 is 13.3 Å². The van der Waals surface area contributed by atoms with Crippen LogP contribution >= 0.6 is 0 Å². The van der Waals surface area contributed by atoms with E-state index in [1.54, 1.807) is 14.2 Å². The van der Waals surface area contributed by atoms with Gasteiger partial charge in [-0.15, -0.1) is 0 Å². The highest BCUT2D eigenvalue weighted by Gasteiger charge is 2.43. The molecule has 0 aliphatic carbocycles. The van der Waals surface area contributed by atoms with Crippen LogP contribution in [0, 0.1) is 0 Å². The minimum atomic E-state index is -2.30. The van der Waals surface area contributed by atoms with Crippen molar-refractivity contribution in [3.8, 4) is 0 Å². The smallest absolute Gasteiger partial charge is 0.377 e. The lowest BCUT2D eigenvalue weighted by Crippen LogP contribution is -2.49. The predicted molar refractivity (Wildman–Crippen MR) is 114 cm³/mol. The molecule has 1 atom stereocenters. The van der Waals surface area contributed by atoms with Gasteiger partial charge >= 0.3 is 8.80 Å². The zero-order valence-corrected chi connectivity index (χ0v) is 19.0. The summed E-state index contributed by atoms with van der Waals surface area (Å²) in [5.41, 5.74) is 0. The van der Waals surface area contributed by atoms with Crippen LogP contribution in [-0.4, -0.2) is 29.1 Å². The maximum Gasteiger partial charge on any atom is 0.500 e. The lowest BCUT2D eigenvalue weighted by molar-refractivity contribution is 0.0288. The Morgan fingerprint density at radius 3 is 1.65 bits per heavy atom. The van der Waals surface area contributed by atoms with E-state index < -0.39 is 8.80 Å². The molecule has 0 saturated carbocycles. The number of hydrogen-bond donors (Lipinski definition) is 0. The summed E-state index contributed by atoms with van der Waals surface area (Å²) in [5.74, 6) is 0. The van der Waals surface area contributed by atoms with E-state index in [1.165, 1.54) is 109 Å². The van der Waals surface area contributed by atoms with Gasteiger partial charge in [-0.25, -0.2) is 0 Å². The van der Waals surface area contributed by atoms with E-state index in [9.17, 15) is 0 Å². The van der Waals surface area contributed by atoms with Gasteiger partial charge in [-0.05, 0) is 19.3 Å². The minimum absolute atomic E-state index is 0.368. The largest absolute Gasteiger partial charge is 0.500 e. The van der Waals surface area contributed by atoms with Gasteiger partial charge in [-0.3, -0.25) is 0 Å². The molecule has 0 spiro atoms. The zero-order valence-electron chi connectivity index (χ0n) is 18.0. The number of rotatable bonds is 17. The summed E-state index contributed by atoms with van der Waals surface area (Å²) in [6, 6.07) is 0.981. The van der Waals surface area contributed by atoms with E-state index in [-0.39, 0.29) is 0 Å². The van der Waals surface area contributed by atoms with Crippen molar-refractivity contribution >= 4 is 8.80 Å². The molecular weight excluding hydrogens is 340 g/mol. The van der Waals surface area contributed by atoms with Crippen LogP contribution in [0.25, 0.3) is 0 Å². The molecule has 0 radical (unpaired) electrons. The summed E-state index contributed by atoms with van der Waals surface area (Å²) in [6.07, 6.45) is 23.7. The van der Waals surface area contributed by atoms with E-state index in [2.05, 4.69) is 6.92 Å². The van der Waals surface area contributed by atoms with Crippen molar-refractivity contribution in [1.82, 2.24) is 0 Å². The molecule has 1 saturated heterocycles. The molecule has 1 unspecified atom stereocenters. The summed E-state index contributed by atoms with van der Waals surface area (Å²) < 4.78 is 17.3. The fraction of sp³-hybridized carbons (Fsp3) is 1.00. The summed E-state index contributed by atoms with van der Waals surface area (Å²) in [7, 11) is 1.18. The molecule has 0 amide bonds. The predicted octanol–water partition coefficient (Wildman–Crippen LogP) is 7.27. The van der Waals surface area contributed by atoms with Crippen molar-refractivity contribution in [2.75, 3.05) is 14.2 Å². The first-order chi connectivity index (χ1) is 12.8. The first-order valence-electron chi connectivity index (χ1n) is 11.5. The molecule has 1 rings (SSSR count). The summed E-state index contributed by atoms with van der Waals surface area (Å²) in [5, 5.41) is 0. The first-order valence-corrected chi connectivity index (χ1v) is 13.5. The Kier molecular flexibility index (Phi) is 14.9. The number of unbranched alkanes of at least 4 members (excludes halogenated alkanes) is 13. The molecule has 1 heterocycles. The minimum Gasteiger partial charge on any atom is -0.377 e. The maximum absolute atomic E-state index is 6.18. The van der Waals surface area contributed by atoms with Crippen molar-refractivity contribution in [3.63, 3.8) is 0 Å². The standard InChI is InChI=1S/C22H46O3Si/c1-4-5-6-7-8-9-10-11-12-13-14-15-16-17-19-22-20-18-21-26(23-2,24-3)25-22/h22H,4-21H2,1-3H3. The summed E-state index contributed by atoms with van der Waals surface area (Å²) >= 11 is 0. The Balaban J connectivity index is 1.85. The number of hydrogen-bond acceptors (Lipinski definition) is 3. The Labute approximate surface area is 164 Å². The van der Waals surface area contributed by atoms with Gasteiger partial charge in [-0.2, -0.15) is 0 Å². The summed E-state index contributed by atoms with van der Waals surface area (Å²) in [6.45, 7) is 2.29. The zero-order chi connectivity index (χ0) is 18.9. The molecule has 0 aromatic heterocycles. The molecule has 1 aliphatic heterocycles. The van der Waals surface area contributed by atoms with E-state index in [0.717, 1.165) is 6.04 Å². The quantitative estimate of drug-likeness (QED) is 0.194. The molecule has 0 aromatic rings. The Bertz CT molecular complexity index is 308. The second-order valence-electron chi connectivity index (χ2n) is 8.11. The lowest BCUT2D eigenvalue weighted by atomic mass is 10.0. The third-order valence-electron chi connectivity index (χ3n) is 5.86. The third kappa shape index (κ3) is 11.1. The van der Waals surface area contributed by atoms with Crippen molar-refractivity contribution in [2.24, 2.45) is 0 Å². The van der Waals surface area contributed by atoms with Crippen LogP contribution in [-0.2, 0) is 13.3 Å². The summed E-state index contributed by atoms with van der Waals surface area (Å²) in [4.78, 5) is 0. The fourth-order valence-corrected chi connectivity index (χ4v) is 6.34.